The van der Waals surface area contributed by atoms with Crippen LogP contribution in [0.1, 0.15) is 131 Å². The lowest BCUT2D eigenvalue weighted by atomic mass is 9.76. The Balaban J connectivity index is 1.64. The number of carbonyl (C=O) groups is 1. The molecule has 0 heterocycles. The van der Waals surface area contributed by atoms with Gasteiger partial charge in [0, 0.05) is 0 Å². The van der Waals surface area contributed by atoms with Crippen molar-refractivity contribution in [3.05, 3.63) is 34.6 Å². The lowest BCUT2D eigenvalue weighted by molar-refractivity contribution is 0.0155. The highest BCUT2D eigenvalue weighted by Crippen LogP contribution is 2.42. The van der Waals surface area contributed by atoms with Crippen LogP contribution in [0.3, 0.4) is 0 Å². The summed E-state index contributed by atoms with van der Waals surface area (Å²) in [4.78, 5) is 12.7. The fourth-order valence-corrected chi connectivity index (χ4v) is 5.66. The maximum atomic E-state index is 15.1. The van der Waals surface area contributed by atoms with Crippen LogP contribution in [-0.2, 0) is 4.74 Å². The van der Waals surface area contributed by atoms with Gasteiger partial charge in [-0.2, -0.15) is 0 Å². The topological polar surface area (TPSA) is 26.3 Å². The third-order valence-corrected chi connectivity index (χ3v) is 7.80. The summed E-state index contributed by atoms with van der Waals surface area (Å²) in [6.45, 7) is 4.34. The minimum atomic E-state index is -2.94. The van der Waals surface area contributed by atoms with Crippen molar-refractivity contribution in [2.75, 3.05) is 0 Å². The number of carbonyl (C=O) groups excluding carboxylic acids is 1. The van der Waals surface area contributed by atoms with E-state index in [9.17, 15) is 13.6 Å². The van der Waals surface area contributed by atoms with E-state index < -0.39 is 23.8 Å². The summed E-state index contributed by atoms with van der Waals surface area (Å²) in [5.74, 6) is -0.666. The van der Waals surface area contributed by atoms with E-state index in [0.717, 1.165) is 57.8 Å². The number of hydrogen-bond donors (Lipinski definition) is 0. The van der Waals surface area contributed by atoms with E-state index in [0.29, 0.717) is 17.4 Å². The first-order valence-corrected chi connectivity index (χ1v) is 12.8. The fourth-order valence-electron chi connectivity index (χ4n) is 5.66. The Labute approximate surface area is 191 Å². The van der Waals surface area contributed by atoms with E-state index in [2.05, 4.69) is 13.8 Å². The van der Waals surface area contributed by atoms with E-state index in [1.54, 1.807) is 6.07 Å². The average molecular weight is 453 g/mol. The van der Waals surface area contributed by atoms with Crippen LogP contribution in [0.25, 0.3) is 0 Å². The predicted molar refractivity (Wildman–Crippen MR) is 122 cm³/mol. The minimum Gasteiger partial charge on any atom is -0.459 e. The van der Waals surface area contributed by atoms with Gasteiger partial charge in [0.05, 0.1) is 11.1 Å². The predicted octanol–water partition coefficient (Wildman–Crippen LogP) is 8.74. The first kappa shape index (κ1) is 25.1. The molecule has 2 nitrogen and oxygen atoms in total. The smallest absolute Gasteiger partial charge is 0.341 e. The number of alkyl halides is 2. The molecule has 3 rings (SSSR count). The zero-order chi connectivity index (χ0) is 23.1. The summed E-state index contributed by atoms with van der Waals surface area (Å²) in [6.07, 6.45) is 9.90. The van der Waals surface area contributed by atoms with Gasteiger partial charge >= 0.3 is 5.97 Å². The number of rotatable bonds is 9. The van der Waals surface area contributed by atoms with Gasteiger partial charge < -0.3 is 4.74 Å². The summed E-state index contributed by atoms with van der Waals surface area (Å²) in [5.41, 5.74) is -0.577. The first-order chi connectivity index (χ1) is 15.4. The van der Waals surface area contributed by atoms with Gasteiger partial charge in [0.1, 0.15) is 11.9 Å². The molecule has 0 spiro atoms. The number of unbranched alkanes of at least 4 members (excludes halogenated alkanes) is 2. The second-order valence-electron chi connectivity index (χ2n) is 9.90. The number of halogens is 3. The molecule has 0 aliphatic heterocycles. The van der Waals surface area contributed by atoms with Gasteiger partial charge in [0.15, 0.2) is 0 Å². The maximum Gasteiger partial charge on any atom is 0.341 e. The van der Waals surface area contributed by atoms with E-state index >= 15 is 4.39 Å². The second kappa shape index (κ2) is 12.1. The molecule has 0 aromatic heterocycles. The fraction of sp³-hybridized carbons (Fsp3) is 0.741. The highest BCUT2D eigenvalue weighted by Gasteiger charge is 2.31. The molecule has 180 valence electrons. The molecule has 0 unspecified atom stereocenters. The zero-order valence-electron chi connectivity index (χ0n) is 19.7. The molecule has 0 amide bonds. The standard InChI is InChI=1S/C27H39F3O2/c1-3-5-6-7-19-10-14-21(15-11-19)32-27(31)23-17-16-22(24(25(23)28)26(29)30)20-12-8-18(4-2)9-13-20/h16-21,26H,3-15H2,1-2H3. The molecule has 2 aliphatic carbocycles. The monoisotopic (exact) mass is 452 g/mol. The average Bonchev–Trinajstić information content (AvgIpc) is 2.80. The van der Waals surface area contributed by atoms with Gasteiger partial charge in [-0.3, -0.25) is 0 Å². The second-order valence-corrected chi connectivity index (χ2v) is 9.90. The van der Waals surface area contributed by atoms with E-state index in [1.807, 2.05) is 0 Å². The summed E-state index contributed by atoms with van der Waals surface area (Å²) in [6, 6.07) is 2.91. The zero-order valence-corrected chi connectivity index (χ0v) is 19.7. The van der Waals surface area contributed by atoms with Crippen LogP contribution in [-0.4, -0.2) is 12.1 Å². The Morgan fingerprint density at radius 1 is 0.969 bits per heavy atom. The largest absolute Gasteiger partial charge is 0.459 e. The molecule has 5 heteroatoms. The number of ether oxygens (including phenoxy) is 1. The van der Waals surface area contributed by atoms with Crippen LogP contribution in [0.5, 0.6) is 0 Å². The summed E-state index contributed by atoms with van der Waals surface area (Å²) >= 11 is 0. The van der Waals surface area contributed by atoms with Crippen LogP contribution in [0.4, 0.5) is 13.2 Å². The SMILES string of the molecule is CCCCCC1CCC(OC(=O)c2ccc(C3CCC(CC)CC3)c(C(F)F)c2F)CC1. The normalized spacial score (nSPS) is 26.3. The molecule has 0 saturated heterocycles. The van der Waals surface area contributed by atoms with Gasteiger partial charge in [-0.05, 0) is 80.8 Å². The lowest BCUT2D eigenvalue weighted by Gasteiger charge is -2.30. The summed E-state index contributed by atoms with van der Waals surface area (Å²) in [7, 11) is 0. The van der Waals surface area contributed by atoms with E-state index in [4.69, 9.17) is 4.74 Å². The van der Waals surface area contributed by atoms with Crippen molar-refractivity contribution >= 4 is 5.97 Å². The highest BCUT2D eigenvalue weighted by atomic mass is 19.3. The van der Waals surface area contributed by atoms with Crippen LogP contribution in [0.2, 0.25) is 0 Å². The number of benzene rings is 1. The Bertz CT molecular complexity index is 733. The van der Waals surface area contributed by atoms with Crippen LogP contribution >= 0.6 is 0 Å². The Kier molecular flexibility index (Phi) is 9.48. The van der Waals surface area contributed by atoms with E-state index in [1.165, 1.54) is 31.7 Å². The summed E-state index contributed by atoms with van der Waals surface area (Å²) in [5, 5.41) is 0. The molecule has 0 radical (unpaired) electrons. The first-order valence-electron chi connectivity index (χ1n) is 12.8. The van der Waals surface area contributed by atoms with Crippen molar-refractivity contribution in [1.29, 1.82) is 0 Å². The van der Waals surface area contributed by atoms with Crippen LogP contribution < -0.4 is 0 Å². The molecule has 1 aromatic carbocycles. The summed E-state index contributed by atoms with van der Waals surface area (Å²) < 4.78 is 48.4. The quantitative estimate of drug-likeness (QED) is 0.276. The van der Waals surface area contributed by atoms with Crippen molar-refractivity contribution in [2.24, 2.45) is 11.8 Å². The molecule has 0 N–H and O–H groups in total. The molecule has 2 fully saturated rings. The van der Waals surface area contributed by atoms with Gasteiger partial charge in [0.2, 0.25) is 0 Å². The molecule has 1 aromatic rings. The third kappa shape index (κ3) is 6.29. The third-order valence-electron chi connectivity index (χ3n) is 7.80. The van der Waals surface area contributed by atoms with Crippen LogP contribution in [0.15, 0.2) is 12.1 Å². The van der Waals surface area contributed by atoms with E-state index in [-0.39, 0.29) is 17.6 Å². The van der Waals surface area contributed by atoms with Crippen LogP contribution in [0, 0.1) is 17.7 Å². The molecular weight excluding hydrogens is 413 g/mol. The molecular formula is C27H39F3O2. The minimum absolute atomic E-state index is 0.0654. The lowest BCUT2D eigenvalue weighted by Crippen LogP contribution is -2.25. The van der Waals surface area contributed by atoms with Crippen molar-refractivity contribution < 1.29 is 22.7 Å². The number of esters is 1. The van der Waals surface area contributed by atoms with Gasteiger partial charge in [0.25, 0.3) is 6.43 Å². The molecule has 0 atom stereocenters. The van der Waals surface area contributed by atoms with Gasteiger partial charge in [-0.15, -0.1) is 0 Å². The van der Waals surface area contributed by atoms with Gasteiger partial charge in [-0.25, -0.2) is 18.0 Å². The Morgan fingerprint density at radius 2 is 1.62 bits per heavy atom. The molecule has 2 saturated carbocycles. The van der Waals surface area contributed by atoms with Crippen molar-refractivity contribution in [1.82, 2.24) is 0 Å². The Hall–Kier alpha value is -1.52. The Morgan fingerprint density at radius 3 is 2.22 bits per heavy atom. The highest BCUT2D eigenvalue weighted by molar-refractivity contribution is 5.90. The maximum absolute atomic E-state index is 15.1. The van der Waals surface area contributed by atoms with Crippen molar-refractivity contribution in [3.8, 4) is 0 Å². The molecule has 2 aliphatic rings. The molecule has 0 bridgehead atoms. The van der Waals surface area contributed by atoms with Crippen molar-refractivity contribution in [2.45, 2.75) is 116 Å². The van der Waals surface area contributed by atoms with Gasteiger partial charge in [-0.1, -0.05) is 52.0 Å². The van der Waals surface area contributed by atoms with Crippen molar-refractivity contribution in [3.63, 3.8) is 0 Å². The number of hydrogen-bond acceptors (Lipinski definition) is 2. The molecule has 32 heavy (non-hydrogen) atoms.